The van der Waals surface area contributed by atoms with Crippen LogP contribution >= 0.6 is 15.9 Å². The van der Waals surface area contributed by atoms with Gasteiger partial charge in [0.05, 0.1) is 12.7 Å². The normalized spacial score (nSPS) is 20.4. The van der Waals surface area contributed by atoms with E-state index >= 15 is 0 Å². The first-order valence-corrected chi connectivity index (χ1v) is 9.47. The number of esters is 1. The number of halogens is 1. The molecule has 1 N–H and O–H groups in total. The molecule has 1 saturated carbocycles. The summed E-state index contributed by atoms with van der Waals surface area (Å²) < 4.78 is 11.6. The zero-order chi connectivity index (χ0) is 17.8. The number of nitrogens with one attached hydrogen (secondary N) is 1. The summed E-state index contributed by atoms with van der Waals surface area (Å²) in [4.78, 5) is 20.4. The van der Waals surface area contributed by atoms with Crippen molar-refractivity contribution in [2.24, 2.45) is 0 Å². The molecule has 0 spiro atoms. The zero-order valence-corrected chi connectivity index (χ0v) is 16.1. The van der Waals surface area contributed by atoms with Crippen LogP contribution < -0.4 is 0 Å². The molecule has 0 radical (unpaired) electrons. The van der Waals surface area contributed by atoms with E-state index in [1.54, 1.807) is 14.0 Å². The van der Waals surface area contributed by atoms with Gasteiger partial charge in [-0.3, -0.25) is 0 Å². The molecule has 6 heteroatoms. The number of carbonyl (C=O) groups is 1. The zero-order valence-electron chi connectivity index (χ0n) is 14.5. The van der Waals surface area contributed by atoms with Gasteiger partial charge < -0.3 is 14.5 Å². The van der Waals surface area contributed by atoms with E-state index in [2.05, 4.69) is 20.9 Å². The molecule has 1 fully saturated rings. The Hall–Kier alpha value is -1.66. The minimum atomic E-state index is -0.357. The maximum Gasteiger partial charge on any atom is 0.357 e. The van der Waals surface area contributed by atoms with Gasteiger partial charge in [0, 0.05) is 23.1 Å². The average Bonchev–Trinajstić information content (AvgIpc) is 3.08. The van der Waals surface area contributed by atoms with Crippen molar-refractivity contribution >= 4 is 21.9 Å². The number of aromatic nitrogens is 2. The molecule has 1 aromatic heterocycles. The third-order valence-corrected chi connectivity index (χ3v) is 5.24. The molecule has 1 heterocycles. The molecule has 2 aromatic rings. The molecule has 0 saturated heterocycles. The summed E-state index contributed by atoms with van der Waals surface area (Å²) in [6.07, 6.45) is 4.39. The second-order valence-electron chi connectivity index (χ2n) is 6.28. The third kappa shape index (κ3) is 4.12. The Morgan fingerprint density at radius 1 is 1.24 bits per heavy atom. The molecule has 25 heavy (non-hydrogen) atoms. The van der Waals surface area contributed by atoms with Crippen LogP contribution in [0.25, 0.3) is 11.3 Å². The number of hydrogen-bond acceptors (Lipinski definition) is 4. The van der Waals surface area contributed by atoms with Gasteiger partial charge in [0.25, 0.3) is 0 Å². The minimum absolute atomic E-state index is 0.323. The van der Waals surface area contributed by atoms with Gasteiger partial charge in [0.15, 0.2) is 5.69 Å². The van der Waals surface area contributed by atoms with Crippen molar-refractivity contribution in [1.29, 1.82) is 0 Å². The topological polar surface area (TPSA) is 64.2 Å². The number of methoxy groups -OCH3 is 1. The van der Waals surface area contributed by atoms with Crippen LogP contribution in [0.15, 0.2) is 28.7 Å². The first-order valence-electron chi connectivity index (χ1n) is 8.68. The fourth-order valence-corrected chi connectivity index (χ4v) is 3.59. The number of aromatic amines is 1. The summed E-state index contributed by atoms with van der Waals surface area (Å²) in [6, 6.07) is 7.80. The second-order valence-corrected chi connectivity index (χ2v) is 7.20. The van der Waals surface area contributed by atoms with E-state index in [4.69, 9.17) is 14.5 Å². The van der Waals surface area contributed by atoms with Crippen molar-refractivity contribution < 1.29 is 14.3 Å². The molecule has 1 aliphatic carbocycles. The molecule has 0 atom stereocenters. The lowest BCUT2D eigenvalue weighted by molar-refractivity contribution is 0.0519. The van der Waals surface area contributed by atoms with Gasteiger partial charge in [0.1, 0.15) is 11.5 Å². The van der Waals surface area contributed by atoms with Crippen LogP contribution in [0.2, 0.25) is 0 Å². The number of imidazole rings is 1. The highest BCUT2D eigenvalue weighted by atomic mass is 79.9. The van der Waals surface area contributed by atoms with E-state index in [1.807, 2.05) is 24.3 Å². The molecule has 0 amide bonds. The van der Waals surface area contributed by atoms with E-state index in [9.17, 15) is 4.79 Å². The number of ether oxygens (including phenoxy) is 2. The summed E-state index contributed by atoms with van der Waals surface area (Å²) >= 11 is 3.44. The Balaban J connectivity index is 1.91. The number of hydrogen-bond donors (Lipinski definition) is 1. The smallest absolute Gasteiger partial charge is 0.357 e. The Morgan fingerprint density at radius 3 is 2.52 bits per heavy atom. The quantitative estimate of drug-likeness (QED) is 0.731. The largest absolute Gasteiger partial charge is 0.461 e. The predicted molar refractivity (Wildman–Crippen MR) is 99.7 cm³/mol. The molecule has 1 aliphatic rings. The van der Waals surface area contributed by atoms with Crippen LogP contribution in [0.1, 0.15) is 54.8 Å². The summed E-state index contributed by atoms with van der Waals surface area (Å²) in [6.45, 7) is 2.15. The predicted octanol–water partition coefficient (Wildman–Crippen LogP) is 4.69. The number of carbonyl (C=O) groups excluding carboxylic acids is 1. The molecular formula is C19H23BrN2O3. The Morgan fingerprint density at radius 2 is 1.92 bits per heavy atom. The van der Waals surface area contributed by atoms with Crippen LogP contribution in [-0.2, 0) is 9.47 Å². The van der Waals surface area contributed by atoms with Crippen LogP contribution in [-0.4, -0.2) is 35.8 Å². The highest BCUT2D eigenvalue weighted by Gasteiger charge is 2.27. The van der Waals surface area contributed by atoms with Crippen molar-refractivity contribution in [3.63, 3.8) is 0 Å². The molecule has 0 unspecified atom stereocenters. The van der Waals surface area contributed by atoms with E-state index in [0.29, 0.717) is 30.0 Å². The molecule has 1 aromatic carbocycles. The second kappa shape index (κ2) is 8.15. The van der Waals surface area contributed by atoms with Crippen LogP contribution in [0.3, 0.4) is 0 Å². The lowest BCUT2D eigenvalue weighted by atomic mass is 9.87. The summed E-state index contributed by atoms with van der Waals surface area (Å²) in [7, 11) is 1.77. The molecule has 5 nitrogen and oxygen atoms in total. The fraction of sp³-hybridized carbons (Fsp3) is 0.474. The number of rotatable bonds is 5. The maximum atomic E-state index is 12.4. The van der Waals surface area contributed by atoms with Crippen molar-refractivity contribution in [3.8, 4) is 11.3 Å². The van der Waals surface area contributed by atoms with Gasteiger partial charge in [-0.15, -0.1) is 0 Å². The summed E-state index contributed by atoms with van der Waals surface area (Å²) in [5.74, 6) is 0.837. The van der Waals surface area contributed by atoms with Gasteiger partial charge in [-0.2, -0.15) is 0 Å². The maximum absolute atomic E-state index is 12.4. The van der Waals surface area contributed by atoms with E-state index in [0.717, 1.165) is 41.5 Å². The van der Waals surface area contributed by atoms with Crippen molar-refractivity contribution in [1.82, 2.24) is 9.97 Å². The van der Waals surface area contributed by atoms with Gasteiger partial charge in [-0.25, -0.2) is 9.78 Å². The highest BCUT2D eigenvalue weighted by molar-refractivity contribution is 9.10. The number of benzene rings is 1. The minimum Gasteiger partial charge on any atom is -0.461 e. The lowest BCUT2D eigenvalue weighted by Gasteiger charge is -2.26. The highest BCUT2D eigenvalue weighted by Crippen LogP contribution is 2.34. The van der Waals surface area contributed by atoms with E-state index in [-0.39, 0.29) is 5.97 Å². The van der Waals surface area contributed by atoms with E-state index < -0.39 is 0 Å². The van der Waals surface area contributed by atoms with Crippen LogP contribution in [0, 0.1) is 0 Å². The number of H-pyrrole nitrogens is 1. The van der Waals surface area contributed by atoms with Gasteiger partial charge in [0.2, 0.25) is 0 Å². The van der Waals surface area contributed by atoms with Crippen LogP contribution in [0.4, 0.5) is 0 Å². The van der Waals surface area contributed by atoms with E-state index in [1.165, 1.54) is 0 Å². The fourth-order valence-electron chi connectivity index (χ4n) is 3.32. The Labute approximate surface area is 156 Å². The first kappa shape index (κ1) is 18.1. The summed E-state index contributed by atoms with van der Waals surface area (Å²) in [5.41, 5.74) is 2.00. The molecule has 0 bridgehead atoms. The molecule has 0 aliphatic heterocycles. The SMILES string of the molecule is CCOC(=O)c1[nH]c(C2CCC(OC)CC2)nc1-c1ccc(Br)cc1. The van der Waals surface area contributed by atoms with Gasteiger partial charge in [-0.05, 0) is 44.7 Å². The van der Waals surface area contributed by atoms with Gasteiger partial charge in [-0.1, -0.05) is 28.1 Å². The molecule has 134 valence electrons. The number of nitrogens with zero attached hydrogens (tertiary/aromatic N) is 1. The van der Waals surface area contributed by atoms with Gasteiger partial charge >= 0.3 is 5.97 Å². The first-order chi connectivity index (χ1) is 12.1. The average molecular weight is 407 g/mol. The monoisotopic (exact) mass is 406 g/mol. The summed E-state index contributed by atoms with van der Waals surface area (Å²) in [5, 5.41) is 0. The Bertz CT molecular complexity index is 719. The van der Waals surface area contributed by atoms with Crippen LogP contribution in [0.5, 0.6) is 0 Å². The molecular weight excluding hydrogens is 384 g/mol. The lowest BCUT2D eigenvalue weighted by Crippen LogP contribution is -2.20. The molecule has 3 rings (SSSR count). The Kier molecular flexibility index (Phi) is 5.91. The van der Waals surface area contributed by atoms with Crippen molar-refractivity contribution in [3.05, 3.63) is 40.3 Å². The standard InChI is InChI=1S/C19H23BrN2O3/c1-3-25-19(23)17-16(12-4-8-14(20)9-5-12)21-18(22-17)13-6-10-15(24-2)11-7-13/h4-5,8-9,13,15H,3,6-7,10-11H2,1-2H3,(H,21,22). The van der Waals surface area contributed by atoms with Crippen molar-refractivity contribution in [2.75, 3.05) is 13.7 Å². The third-order valence-electron chi connectivity index (χ3n) is 4.71. The van der Waals surface area contributed by atoms with Crippen molar-refractivity contribution in [2.45, 2.75) is 44.6 Å².